The second-order valence-electron chi connectivity index (χ2n) is 6.08. The molecule has 1 fully saturated rings. The summed E-state index contributed by atoms with van der Waals surface area (Å²) in [6.45, 7) is 1.18. The molecule has 1 aliphatic heterocycles. The summed E-state index contributed by atoms with van der Waals surface area (Å²) in [5.74, 6) is 0.781. The Kier molecular flexibility index (Phi) is 5.33. The minimum atomic E-state index is -0.139. The van der Waals surface area contributed by atoms with Gasteiger partial charge in [0.05, 0.1) is 7.11 Å². The summed E-state index contributed by atoms with van der Waals surface area (Å²) in [7, 11) is 1.62. The molecule has 0 aromatic heterocycles. The van der Waals surface area contributed by atoms with Crippen LogP contribution in [0.15, 0.2) is 48.5 Å². The van der Waals surface area contributed by atoms with Gasteiger partial charge in [-0.25, -0.2) is 0 Å². The average molecular weight is 338 g/mol. The molecule has 2 aromatic rings. The van der Waals surface area contributed by atoms with Gasteiger partial charge in [0.1, 0.15) is 5.75 Å². The van der Waals surface area contributed by atoms with Crippen LogP contribution >= 0.6 is 0 Å². The van der Waals surface area contributed by atoms with Crippen molar-refractivity contribution in [2.45, 2.75) is 25.8 Å². The van der Waals surface area contributed by atoms with Crippen molar-refractivity contribution in [1.82, 2.24) is 5.32 Å². The van der Waals surface area contributed by atoms with Crippen molar-refractivity contribution < 1.29 is 14.3 Å². The molecule has 1 N–H and O–H groups in total. The first-order valence-corrected chi connectivity index (χ1v) is 8.49. The highest BCUT2D eigenvalue weighted by Crippen LogP contribution is 2.21. The van der Waals surface area contributed by atoms with Crippen LogP contribution in [0.5, 0.6) is 5.75 Å². The average Bonchev–Trinajstić information content (AvgIpc) is 2.67. The van der Waals surface area contributed by atoms with Crippen LogP contribution in [0, 0.1) is 0 Å². The monoisotopic (exact) mass is 338 g/mol. The quantitative estimate of drug-likeness (QED) is 0.911. The van der Waals surface area contributed by atoms with Gasteiger partial charge in [-0.15, -0.1) is 0 Å². The van der Waals surface area contributed by atoms with Crippen molar-refractivity contribution in [2.24, 2.45) is 0 Å². The fourth-order valence-electron chi connectivity index (χ4n) is 2.94. The first-order valence-electron chi connectivity index (χ1n) is 8.49. The van der Waals surface area contributed by atoms with E-state index in [1.807, 2.05) is 36.4 Å². The zero-order valence-electron chi connectivity index (χ0n) is 14.3. The number of anilines is 1. The minimum absolute atomic E-state index is 0.139. The van der Waals surface area contributed by atoms with Gasteiger partial charge in [0, 0.05) is 30.8 Å². The maximum absolute atomic E-state index is 12.3. The lowest BCUT2D eigenvalue weighted by molar-refractivity contribution is -0.119. The number of methoxy groups -OCH3 is 1. The van der Waals surface area contributed by atoms with Crippen LogP contribution in [0.25, 0.3) is 0 Å². The molecule has 0 radical (unpaired) electrons. The van der Waals surface area contributed by atoms with E-state index in [4.69, 9.17) is 4.74 Å². The number of amides is 2. The smallest absolute Gasteiger partial charge is 0.251 e. The Morgan fingerprint density at radius 1 is 1.16 bits per heavy atom. The number of piperidine rings is 1. The number of ether oxygens (including phenoxy) is 1. The zero-order chi connectivity index (χ0) is 17.6. The Bertz CT molecular complexity index is 756. The Morgan fingerprint density at radius 2 is 1.96 bits per heavy atom. The molecule has 5 nitrogen and oxygen atoms in total. The van der Waals surface area contributed by atoms with Gasteiger partial charge in [-0.1, -0.05) is 12.1 Å². The van der Waals surface area contributed by atoms with E-state index in [0.717, 1.165) is 36.4 Å². The molecule has 0 spiro atoms. The summed E-state index contributed by atoms with van der Waals surface area (Å²) >= 11 is 0. The zero-order valence-corrected chi connectivity index (χ0v) is 14.3. The largest absolute Gasteiger partial charge is 0.497 e. The first-order chi connectivity index (χ1) is 12.2. The second-order valence-corrected chi connectivity index (χ2v) is 6.08. The van der Waals surface area contributed by atoms with Crippen LogP contribution in [0.4, 0.5) is 5.69 Å². The molecule has 5 heteroatoms. The maximum Gasteiger partial charge on any atom is 0.251 e. The molecule has 2 aromatic carbocycles. The first kappa shape index (κ1) is 17.0. The summed E-state index contributed by atoms with van der Waals surface area (Å²) in [5, 5.41) is 2.90. The van der Waals surface area contributed by atoms with E-state index in [-0.39, 0.29) is 11.8 Å². The molecular formula is C20H22N2O3. The fourth-order valence-corrected chi connectivity index (χ4v) is 2.94. The van der Waals surface area contributed by atoms with Crippen LogP contribution in [-0.4, -0.2) is 25.5 Å². The fraction of sp³-hybridized carbons (Fsp3) is 0.300. The summed E-state index contributed by atoms with van der Waals surface area (Å²) in [5.41, 5.74) is 2.41. The highest BCUT2D eigenvalue weighted by atomic mass is 16.5. The van der Waals surface area contributed by atoms with Crippen molar-refractivity contribution in [2.75, 3.05) is 18.6 Å². The molecule has 0 bridgehead atoms. The topological polar surface area (TPSA) is 58.6 Å². The predicted octanol–water partition coefficient (Wildman–Crippen LogP) is 3.14. The van der Waals surface area contributed by atoms with E-state index >= 15 is 0 Å². The van der Waals surface area contributed by atoms with Gasteiger partial charge in [-0.2, -0.15) is 0 Å². The van der Waals surface area contributed by atoms with Gasteiger partial charge in [0.2, 0.25) is 5.91 Å². The summed E-state index contributed by atoms with van der Waals surface area (Å²) in [6.07, 6.45) is 2.58. The number of nitrogens with zero attached hydrogens (tertiary/aromatic N) is 1. The molecule has 25 heavy (non-hydrogen) atoms. The van der Waals surface area contributed by atoms with Gasteiger partial charge < -0.3 is 15.0 Å². The van der Waals surface area contributed by atoms with Gasteiger partial charge in [-0.05, 0) is 54.8 Å². The molecule has 1 aliphatic rings. The molecule has 2 amide bonds. The molecule has 0 unspecified atom stereocenters. The lowest BCUT2D eigenvalue weighted by Gasteiger charge is -2.26. The second kappa shape index (κ2) is 7.83. The molecule has 130 valence electrons. The number of nitrogens with one attached hydrogen (secondary N) is 1. The van der Waals surface area contributed by atoms with E-state index in [0.29, 0.717) is 18.5 Å². The molecule has 0 aliphatic carbocycles. The Balaban J connectivity index is 1.61. The number of benzene rings is 2. The highest BCUT2D eigenvalue weighted by Gasteiger charge is 2.19. The third kappa shape index (κ3) is 4.18. The van der Waals surface area contributed by atoms with E-state index in [1.165, 1.54) is 0 Å². The Labute approximate surface area is 147 Å². The van der Waals surface area contributed by atoms with Crippen molar-refractivity contribution >= 4 is 17.5 Å². The van der Waals surface area contributed by atoms with E-state index in [2.05, 4.69) is 5.32 Å². The normalized spacial score (nSPS) is 14.3. The van der Waals surface area contributed by atoms with Crippen LogP contribution in [0.1, 0.15) is 35.2 Å². The predicted molar refractivity (Wildman–Crippen MR) is 96.8 cm³/mol. The minimum Gasteiger partial charge on any atom is -0.497 e. The summed E-state index contributed by atoms with van der Waals surface area (Å²) < 4.78 is 5.18. The van der Waals surface area contributed by atoms with Crippen LogP contribution in [0.2, 0.25) is 0 Å². The van der Waals surface area contributed by atoms with Crippen LogP contribution in [0.3, 0.4) is 0 Å². The lowest BCUT2D eigenvalue weighted by atomic mass is 10.1. The van der Waals surface area contributed by atoms with Gasteiger partial charge in [0.15, 0.2) is 0 Å². The van der Waals surface area contributed by atoms with Crippen LogP contribution in [-0.2, 0) is 11.3 Å². The van der Waals surface area contributed by atoms with Crippen molar-refractivity contribution in [3.05, 3.63) is 59.7 Å². The molecule has 0 saturated carbocycles. The van der Waals surface area contributed by atoms with Gasteiger partial charge >= 0.3 is 0 Å². The Morgan fingerprint density at radius 3 is 2.68 bits per heavy atom. The van der Waals surface area contributed by atoms with Gasteiger partial charge in [-0.3, -0.25) is 9.59 Å². The standard InChI is InChI=1S/C20H22N2O3/c1-25-18-6-4-5-15(13-18)14-21-20(24)16-8-10-17(11-9-16)22-12-3-2-7-19(22)23/h4-6,8-11,13H,2-3,7,12,14H2,1H3,(H,21,24). The lowest BCUT2D eigenvalue weighted by Crippen LogP contribution is -2.35. The summed E-state index contributed by atoms with van der Waals surface area (Å²) in [4.78, 5) is 26.1. The Hall–Kier alpha value is -2.82. The molecular weight excluding hydrogens is 316 g/mol. The molecule has 1 saturated heterocycles. The van der Waals surface area contributed by atoms with E-state index < -0.39 is 0 Å². The number of hydrogen-bond donors (Lipinski definition) is 1. The van der Waals surface area contributed by atoms with Gasteiger partial charge in [0.25, 0.3) is 5.91 Å². The maximum atomic E-state index is 12.3. The number of hydrogen-bond acceptors (Lipinski definition) is 3. The third-order valence-electron chi connectivity index (χ3n) is 4.35. The van der Waals surface area contributed by atoms with Crippen LogP contribution < -0.4 is 15.0 Å². The molecule has 0 atom stereocenters. The van der Waals surface area contributed by atoms with Crippen molar-refractivity contribution in [1.29, 1.82) is 0 Å². The van der Waals surface area contributed by atoms with E-state index in [1.54, 1.807) is 24.1 Å². The highest BCUT2D eigenvalue weighted by molar-refractivity contribution is 5.96. The number of rotatable bonds is 5. The van der Waals surface area contributed by atoms with Crippen molar-refractivity contribution in [3.8, 4) is 5.75 Å². The number of carbonyl (C=O) groups excluding carboxylic acids is 2. The van der Waals surface area contributed by atoms with Crippen molar-refractivity contribution in [3.63, 3.8) is 0 Å². The number of carbonyl (C=O) groups is 2. The molecule has 3 rings (SSSR count). The summed E-state index contributed by atoms with van der Waals surface area (Å²) in [6, 6.07) is 14.8. The SMILES string of the molecule is COc1cccc(CNC(=O)c2ccc(N3CCCCC3=O)cc2)c1. The van der Waals surface area contributed by atoms with E-state index in [9.17, 15) is 9.59 Å². The molecule has 1 heterocycles. The third-order valence-corrected chi connectivity index (χ3v) is 4.35.